The first-order chi connectivity index (χ1) is 7.59. The highest BCUT2D eigenvalue weighted by atomic mass is 127. The maximum Gasteiger partial charge on any atom is 0.278 e. The normalized spacial score (nSPS) is 11.3. The van der Waals surface area contributed by atoms with Crippen molar-refractivity contribution in [2.75, 3.05) is 4.72 Å². The number of nitrogens with one attached hydrogen (secondary N) is 2. The smallest absolute Gasteiger partial charge is 0.277 e. The van der Waals surface area contributed by atoms with Gasteiger partial charge in [-0.05, 0) is 40.8 Å². The van der Waals surface area contributed by atoms with Crippen molar-refractivity contribution in [3.05, 3.63) is 40.1 Å². The molecular formula is C9H8IN3O2S. The average molecular weight is 349 g/mol. The molecule has 7 heteroatoms. The molecule has 2 rings (SSSR count). The minimum Gasteiger partial charge on any atom is -0.277 e. The second-order valence-electron chi connectivity index (χ2n) is 3.01. The van der Waals surface area contributed by atoms with Crippen molar-refractivity contribution in [1.29, 1.82) is 0 Å². The van der Waals surface area contributed by atoms with E-state index in [1.165, 1.54) is 12.3 Å². The molecule has 0 spiro atoms. The Balaban J connectivity index is 2.33. The standard InChI is InChI=1S/C9H8IN3O2S/c10-7-3-1-2-4-8(7)13-16(14,15)9-5-6-11-12-9/h1-6,13H,(H,11,12). The van der Waals surface area contributed by atoms with Gasteiger partial charge in [0.15, 0.2) is 5.03 Å². The van der Waals surface area contributed by atoms with Crippen LogP contribution in [0.5, 0.6) is 0 Å². The number of rotatable bonds is 3. The predicted octanol–water partition coefficient (Wildman–Crippen LogP) is 1.82. The lowest BCUT2D eigenvalue weighted by Gasteiger charge is -2.07. The first-order valence-electron chi connectivity index (χ1n) is 4.36. The van der Waals surface area contributed by atoms with E-state index in [0.717, 1.165) is 3.57 Å². The number of aromatic nitrogens is 2. The van der Waals surface area contributed by atoms with Gasteiger partial charge in [0.1, 0.15) is 0 Å². The molecule has 0 atom stereocenters. The third-order valence-electron chi connectivity index (χ3n) is 1.88. The monoisotopic (exact) mass is 349 g/mol. The minimum atomic E-state index is -3.57. The highest BCUT2D eigenvalue weighted by Gasteiger charge is 2.16. The number of nitrogens with zero attached hydrogens (tertiary/aromatic N) is 1. The highest BCUT2D eigenvalue weighted by Crippen LogP contribution is 2.20. The van der Waals surface area contributed by atoms with Gasteiger partial charge in [0.2, 0.25) is 0 Å². The second-order valence-corrected chi connectivity index (χ2v) is 5.82. The molecule has 2 N–H and O–H groups in total. The maximum atomic E-state index is 11.8. The van der Waals surface area contributed by atoms with Gasteiger partial charge in [-0.25, -0.2) is 0 Å². The van der Waals surface area contributed by atoms with Gasteiger partial charge in [-0.2, -0.15) is 13.5 Å². The molecule has 16 heavy (non-hydrogen) atoms. The van der Waals surface area contributed by atoms with Crippen LogP contribution in [0, 0.1) is 3.57 Å². The van der Waals surface area contributed by atoms with Crippen LogP contribution in [0.3, 0.4) is 0 Å². The van der Waals surface area contributed by atoms with Crippen LogP contribution in [0.1, 0.15) is 0 Å². The molecule has 0 amide bonds. The zero-order valence-corrected chi connectivity index (χ0v) is 11.0. The van der Waals surface area contributed by atoms with E-state index in [1.54, 1.807) is 12.1 Å². The van der Waals surface area contributed by atoms with Gasteiger partial charge < -0.3 is 0 Å². The fourth-order valence-corrected chi connectivity index (χ4v) is 2.83. The van der Waals surface area contributed by atoms with Crippen molar-refractivity contribution >= 4 is 38.3 Å². The van der Waals surface area contributed by atoms with Gasteiger partial charge >= 0.3 is 0 Å². The summed E-state index contributed by atoms with van der Waals surface area (Å²) in [5, 5.41) is 6.07. The minimum absolute atomic E-state index is 0.0483. The van der Waals surface area contributed by atoms with E-state index in [1.807, 2.05) is 12.1 Å². The van der Waals surface area contributed by atoms with Crippen molar-refractivity contribution in [3.8, 4) is 0 Å². The SMILES string of the molecule is O=S(=O)(Nc1ccccc1I)c1ccn[nH]1. The molecule has 5 nitrogen and oxygen atoms in total. The molecular weight excluding hydrogens is 341 g/mol. The summed E-state index contributed by atoms with van der Waals surface area (Å²) in [5.41, 5.74) is 0.553. The first-order valence-corrected chi connectivity index (χ1v) is 6.92. The topological polar surface area (TPSA) is 74.8 Å². The molecule has 1 aromatic carbocycles. The van der Waals surface area contributed by atoms with Crippen molar-refractivity contribution in [2.24, 2.45) is 0 Å². The number of aromatic amines is 1. The van der Waals surface area contributed by atoms with Gasteiger partial charge in [-0.3, -0.25) is 9.82 Å². The summed E-state index contributed by atoms with van der Waals surface area (Å²) in [5.74, 6) is 0. The third kappa shape index (κ3) is 2.35. The molecule has 0 fully saturated rings. The van der Waals surface area contributed by atoms with E-state index in [4.69, 9.17) is 0 Å². The van der Waals surface area contributed by atoms with Crippen LogP contribution < -0.4 is 4.72 Å². The van der Waals surface area contributed by atoms with Crippen LogP contribution in [-0.2, 0) is 10.0 Å². The van der Waals surface area contributed by atoms with E-state index in [2.05, 4.69) is 37.5 Å². The number of benzene rings is 1. The fraction of sp³-hybridized carbons (Fsp3) is 0. The zero-order valence-electron chi connectivity index (χ0n) is 8.01. The van der Waals surface area contributed by atoms with Gasteiger partial charge in [0.25, 0.3) is 10.0 Å². The second kappa shape index (κ2) is 4.42. The van der Waals surface area contributed by atoms with E-state index in [9.17, 15) is 8.42 Å². The van der Waals surface area contributed by atoms with Crippen LogP contribution in [0.25, 0.3) is 0 Å². The summed E-state index contributed by atoms with van der Waals surface area (Å²) < 4.78 is 27.0. The number of para-hydroxylation sites is 1. The number of hydrogen-bond donors (Lipinski definition) is 2. The van der Waals surface area contributed by atoms with Crippen molar-refractivity contribution in [3.63, 3.8) is 0 Å². The number of halogens is 1. The maximum absolute atomic E-state index is 11.8. The van der Waals surface area contributed by atoms with Crippen molar-refractivity contribution < 1.29 is 8.42 Å². The summed E-state index contributed by atoms with van der Waals surface area (Å²) >= 11 is 2.07. The van der Waals surface area contributed by atoms with Crippen molar-refractivity contribution in [2.45, 2.75) is 5.03 Å². The Labute approximate surface area is 106 Å². The Morgan fingerprint density at radius 1 is 1.25 bits per heavy atom. The Bertz CT molecular complexity index is 581. The zero-order chi connectivity index (χ0) is 11.6. The number of hydrogen-bond acceptors (Lipinski definition) is 3. The van der Waals surface area contributed by atoms with Crippen LogP contribution in [0.15, 0.2) is 41.6 Å². The summed E-state index contributed by atoms with van der Waals surface area (Å²) in [7, 11) is -3.57. The van der Waals surface area contributed by atoms with Crippen LogP contribution >= 0.6 is 22.6 Å². The Hall–Kier alpha value is -1.09. The molecule has 0 bridgehead atoms. The molecule has 0 saturated heterocycles. The summed E-state index contributed by atoms with van der Waals surface area (Å²) in [6.45, 7) is 0. The van der Waals surface area contributed by atoms with Gasteiger partial charge in [-0.15, -0.1) is 0 Å². The largest absolute Gasteiger partial charge is 0.278 e. The molecule has 1 aromatic heterocycles. The quantitative estimate of drug-likeness (QED) is 0.830. The molecule has 0 radical (unpaired) electrons. The Morgan fingerprint density at radius 2 is 2.00 bits per heavy atom. The van der Waals surface area contributed by atoms with Gasteiger partial charge in [-0.1, -0.05) is 12.1 Å². The van der Waals surface area contributed by atoms with E-state index in [0.29, 0.717) is 5.69 Å². The molecule has 1 heterocycles. The summed E-state index contributed by atoms with van der Waals surface area (Å²) in [4.78, 5) is 0. The molecule has 0 aliphatic rings. The Kier molecular flexibility index (Phi) is 3.15. The van der Waals surface area contributed by atoms with Gasteiger partial charge in [0, 0.05) is 3.57 Å². The molecule has 0 aliphatic heterocycles. The molecule has 0 saturated carbocycles. The fourth-order valence-electron chi connectivity index (χ4n) is 1.14. The van der Waals surface area contributed by atoms with E-state index < -0.39 is 10.0 Å². The highest BCUT2D eigenvalue weighted by molar-refractivity contribution is 14.1. The molecule has 0 unspecified atom stereocenters. The third-order valence-corrected chi connectivity index (χ3v) is 4.12. The van der Waals surface area contributed by atoms with E-state index in [-0.39, 0.29) is 5.03 Å². The number of anilines is 1. The first kappa shape index (κ1) is 11.4. The van der Waals surface area contributed by atoms with E-state index >= 15 is 0 Å². The van der Waals surface area contributed by atoms with Crippen molar-refractivity contribution in [1.82, 2.24) is 10.2 Å². The average Bonchev–Trinajstić information content (AvgIpc) is 2.75. The van der Waals surface area contributed by atoms with Crippen LogP contribution in [-0.4, -0.2) is 18.6 Å². The molecule has 84 valence electrons. The van der Waals surface area contributed by atoms with Crippen LogP contribution in [0.2, 0.25) is 0 Å². The number of sulfonamides is 1. The molecule has 0 aliphatic carbocycles. The lowest BCUT2D eigenvalue weighted by Crippen LogP contribution is -2.14. The summed E-state index contributed by atoms with van der Waals surface area (Å²) in [6, 6.07) is 8.54. The lowest BCUT2D eigenvalue weighted by molar-refractivity contribution is 0.597. The lowest BCUT2D eigenvalue weighted by atomic mass is 10.3. The number of H-pyrrole nitrogens is 1. The predicted molar refractivity (Wildman–Crippen MR) is 68.6 cm³/mol. The molecule has 2 aromatic rings. The van der Waals surface area contributed by atoms with Gasteiger partial charge in [0.05, 0.1) is 11.9 Å². The Morgan fingerprint density at radius 3 is 2.62 bits per heavy atom. The van der Waals surface area contributed by atoms with Crippen LogP contribution in [0.4, 0.5) is 5.69 Å². The summed E-state index contributed by atoms with van der Waals surface area (Å²) in [6.07, 6.45) is 1.39.